The summed E-state index contributed by atoms with van der Waals surface area (Å²) < 4.78 is 6.41. The number of rotatable bonds is 6. The van der Waals surface area contributed by atoms with Crippen LogP contribution in [0.5, 0.6) is 0 Å². The van der Waals surface area contributed by atoms with Crippen LogP contribution in [0, 0.1) is 11.8 Å². The summed E-state index contributed by atoms with van der Waals surface area (Å²) in [5.41, 5.74) is 0. The van der Waals surface area contributed by atoms with Crippen molar-refractivity contribution in [3.63, 3.8) is 0 Å². The second-order valence-electron chi connectivity index (χ2n) is 8.67. The van der Waals surface area contributed by atoms with Crippen LogP contribution < -0.4 is 5.32 Å². The van der Waals surface area contributed by atoms with Gasteiger partial charge in [-0.25, -0.2) is 0 Å². The van der Waals surface area contributed by atoms with E-state index in [1.165, 1.54) is 11.8 Å². The summed E-state index contributed by atoms with van der Waals surface area (Å²) in [5.74, 6) is -0.529. The Kier molecular flexibility index (Phi) is 6.41. The highest BCUT2D eigenvalue weighted by Gasteiger charge is 2.50. The van der Waals surface area contributed by atoms with Gasteiger partial charge in [-0.2, -0.15) is 0 Å². The highest BCUT2D eigenvalue weighted by molar-refractivity contribution is 8.13. The molecule has 1 aromatic rings. The summed E-state index contributed by atoms with van der Waals surface area (Å²) >= 11 is 1.24. The molecule has 1 saturated heterocycles. The van der Waals surface area contributed by atoms with Crippen LogP contribution in [0.2, 0.25) is 18.1 Å². The first kappa shape index (κ1) is 21.2. The van der Waals surface area contributed by atoms with Gasteiger partial charge in [-0.15, -0.1) is 0 Å². The van der Waals surface area contributed by atoms with Crippen LogP contribution in [0.4, 0.5) is 0 Å². The lowest BCUT2D eigenvalue weighted by molar-refractivity contribution is -0.143. The lowest BCUT2D eigenvalue weighted by Crippen LogP contribution is -2.66. The molecule has 1 aliphatic rings. The van der Waals surface area contributed by atoms with E-state index in [-0.39, 0.29) is 40.0 Å². The zero-order valence-corrected chi connectivity index (χ0v) is 18.6. The average molecular weight is 394 g/mol. The minimum absolute atomic E-state index is 0.00873. The van der Waals surface area contributed by atoms with Crippen molar-refractivity contribution in [2.75, 3.05) is 0 Å². The molecule has 0 unspecified atom stereocenters. The van der Waals surface area contributed by atoms with Gasteiger partial charge in [0.2, 0.25) is 5.91 Å². The van der Waals surface area contributed by atoms with Crippen LogP contribution in [0.1, 0.15) is 34.6 Å². The second kappa shape index (κ2) is 7.86. The third-order valence-electron chi connectivity index (χ3n) is 5.66. The monoisotopic (exact) mass is 393 g/mol. The van der Waals surface area contributed by atoms with Crippen molar-refractivity contribution >= 4 is 31.1 Å². The molecule has 1 N–H and O–H groups in total. The molecule has 1 fully saturated rings. The number of amides is 1. The first-order valence-corrected chi connectivity index (χ1v) is 12.9. The molecule has 4 atom stereocenters. The number of benzene rings is 1. The fourth-order valence-corrected chi connectivity index (χ4v) is 5.20. The quantitative estimate of drug-likeness (QED) is 0.440. The summed E-state index contributed by atoms with van der Waals surface area (Å²) in [7, 11) is -1.97. The molecule has 26 heavy (non-hydrogen) atoms. The lowest BCUT2D eigenvalue weighted by Gasteiger charge is -2.46. The largest absolute Gasteiger partial charge is 0.413 e. The van der Waals surface area contributed by atoms with Gasteiger partial charge in [-0.1, -0.05) is 57.7 Å². The molecule has 0 spiro atoms. The fraction of sp³-hybridized carbons (Fsp3) is 0.600. The van der Waals surface area contributed by atoms with Crippen LogP contribution in [0.25, 0.3) is 0 Å². The minimum Gasteiger partial charge on any atom is -0.413 e. The molecule has 0 aliphatic carbocycles. The first-order chi connectivity index (χ1) is 11.9. The number of β-lactam (4-membered cyclic amide) rings is 1. The maximum Gasteiger partial charge on any atom is 0.228 e. The highest BCUT2D eigenvalue weighted by Crippen LogP contribution is 2.40. The number of carbonyl (C=O) groups is 2. The zero-order valence-electron chi connectivity index (χ0n) is 16.8. The van der Waals surface area contributed by atoms with E-state index in [0.29, 0.717) is 0 Å². The van der Waals surface area contributed by atoms with Crippen LogP contribution in [0.15, 0.2) is 35.2 Å². The van der Waals surface area contributed by atoms with Crippen molar-refractivity contribution in [2.45, 2.75) is 69.8 Å². The Morgan fingerprint density at radius 3 is 2.27 bits per heavy atom. The SMILES string of the molecule is C[C@H](C(=O)Sc1ccccc1)[C@H]1NC(=O)[C@@H]1[C@@H](C)O[Si](C)(C)C(C)(C)C. The number of thioether (sulfide) groups is 1. The van der Waals surface area contributed by atoms with E-state index in [9.17, 15) is 9.59 Å². The van der Waals surface area contributed by atoms with E-state index >= 15 is 0 Å². The normalized spacial score (nSPS) is 23.0. The van der Waals surface area contributed by atoms with Crippen molar-refractivity contribution in [1.29, 1.82) is 0 Å². The second-order valence-corrected chi connectivity index (χ2v) is 14.5. The summed E-state index contributed by atoms with van der Waals surface area (Å²) in [6, 6.07) is 9.46. The molecule has 6 heteroatoms. The topological polar surface area (TPSA) is 55.4 Å². The van der Waals surface area contributed by atoms with Gasteiger partial charge in [-0.05, 0) is 37.2 Å². The van der Waals surface area contributed by atoms with Crippen LogP contribution >= 0.6 is 11.8 Å². The summed E-state index contributed by atoms with van der Waals surface area (Å²) in [6.45, 7) is 14.8. The number of nitrogens with one attached hydrogen (secondary N) is 1. The van der Waals surface area contributed by atoms with Crippen LogP contribution in [-0.4, -0.2) is 31.5 Å². The molecule has 1 heterocycles. The molecule has 1 amide bonds. The average Bonchev–Trinajstić information content (AvgIpc) is 2.50. The van der Waals surface area contributed by atoms with Gasteiger partial charge in [-0.3, -0.25) is 9.59 Å². The van der Waals surface area contributed by atoms with Crippen molar-refractivity contribution in [1.82, 2.24) is 5.32 Å². The summed E-state index contributed by atoms with van der Waals surface area (Å²) in [4.78, 5) is 25.8. The third-order valence-corrected chi connectivity index (χ3v) is 11.3. The van der Waals surface area contributed by atoms with Gasteiger partial charge >= 0.3 is 0 Å². The lowest BCUT2D eigenvalue weighted by atomic mass is 9.79. The third kappa shape index (κ3) is 4.59. The molecule has 0 saturated carbocycles. The number of hydrogen-bond donors (Lipinski definition) is 1. The van der Waals surface area contributed by atoms with E-state index < -0.39 is 8.32 Å². The molecule has 2 rings (SSSR count). The van der Waals surface area contributed by atoms with Crippen molar-refractivity contribution in [3.8, 4) is 0 Å². The van der Waals surface area contributed by atoms with Crippen molar-refractivity contribution in [3.05, 3.63) is 30.3 Å². The fourth-order valence-electron chi connectivity index (χ4n) is 2.92. The van der Waals surface area contributed by atoms with E-state index in [4.69, 9.17) is 4.43 Å². The van der Waals surface area contributed by atoms with Gasteiger partial charge < -0.3 is 9.74 Å². The van der Waals surface area contributed by atoms with Crippen molar-refractivity contribution < 1.29 is 14.0 Å². The Morgan fingerprint density at radius 2 is 1.77 bits per heavy atom. The van der Waals surface area contributed by atoms with Gasteiger partial charge in [0, 0.05) is 10.8 Å². The van der Waals surface area contributed by atoms with E-state index in [0.717, 1.165) is 4.90 Å². The maximum atomic E-state index is 12.6. The Balaban J connectivity index is 2.03. The molecule has 0 aromatic heterocycles. The molecular weight excluding hydrogens is 362 g/mol. The molecule has 1 aliphatic heterocycles. The minimum atomic E-state index is -1.97. The maximum absolute atomic E-state index is 12.6. The first-order valence-electron chi connectivity index (χ1n) is 9.19. The van der Waals surface area contributed by atoms with E-state index in [2.05, 4.69) is 39.2 Å². The Bertz CT molecular complexity index is 657. The smallest absolute Gasteiger partial charge is 0.228 e. The summed E-state index contributed by atoms with van der Waals surface area (Å²) in [6.07, 6.45) is -0.188. The van der Waals surface area contributed by atoms with Gasteiger partial charge in [0.15, 0.2) is 13.4 Å². The molecule has 1 aromatic carbocycles. The number of carbonyl (C=O) groups excluding carboxylic acids is 2. The Hall–Kier alpha value is -1.11. The van der Waals surface area contributed by atoms with Crippen LogP contribution in [-0.2, 0) is 14.0 Å². The standard InChI is InChI=1S/C20H31NO3SSi/c1-13(19(23)25-15-11-9-8-10-12-15)17-16(18(22)21-17)14(2)24-26(6,7)20(3,4)5/h8-14,16-17H,1-7H3,(H,21,22)/t13-,14+,16+,17+/m0/s1. The summed E-state index contributed by atoms with van der Waals surface area (Å²) in [5, 5.41) is 3.09. The predicted octanol–water partition coefficient (Wildman–Crippen LogP) is 4.47. The van der Waals surface area contributed by atoms with Crippen molar-refractivity contribution in [2.24, 2.45) is 11.8 Å². The van der Waals surface area contributed by atoms with Gasteiger partial charge in [0.05, 0.1) is 18.1 Å². The Labute approximate surface area is 162 Å². The number of hydrogen-bond acceptors (Lipinski definition) is 4. The molecule has 4 nitrogen and oxygen atoms in total. The highest BCUT2D eigenvalue weighted by atomic mass is 32.2. The molecular formula is C20H31NO3SSi. The Morgan fingerprint density at radius 1 is 1.19 bits per heavy atom. The van der Waals surface area contributed by atoms with Crippen LogP contribution in [0.3, 0.4) is 0 Å². The van der Waals surface area contributed by atoms with E-state index in [1.807, 2.05) is 44.2 Å². The zero-order chi connectivity index (χ0) is 19.7. The molecule has 144 valence electrons. The predicted molar refractivity (Wildman–Crippen MR) is 110 cm³/mol. The van der Waals surface area contributed by atoms with Gasteiger partial charge in [0.1, 0.15) is 0 Å². The van der Waals surface area contributed by atoms with Gasteiger partial charge in [0.25, 0.3) is 0 Å². The molecule has 0 radical (unpaired) electrons. The molecule has 0 bridgehead atoms. The van der Waals surface area contributed by atoms with E-state index in [1.54, 1.807) is 0 Å².